The standard InChI is InChI=1S/C14H20N2O/c1-11-7-6-10-13(15-2)14(17)16(11)12-8-4-3-5-9-12/h3-5,8-9,11,13,15H,6-7,10H2,1-2H3. The van der Waals surface area contributed by atoms with Gasteiger partial charge >= 0.3 is 0 Å². The fraction of sp³-hybridized carbons (Fsp3) is 0.500. The summed E-state index contributed by atoms with van der Waals surface area (Å²) in [6, 6.07) is 10.2. The summed E-state index contributed by atoms with van der Waals surface area (Å²) in [4.78, 5) is 14.4. The van der Waals surface area contributed by atoms with Crippen LogP contribution >= 0.6 is 0 Å². The Bertz CT molecular complexity index is 377. The van der Waals surface area contributed by atoms with E-state index in [9.17, 15) is 4.79 Å². The Hall–Kier alpha value is -1.35. The number of hydrogen-bond acceptors (Lipinski definition) is 2. The number of nitrogens with one attached hydrogen (secondary N) is 1. The zero-order chi connectivity index (χ0) is 12.3. The zero-order valence-corrected chi connectivity index (χ0v) is 10.5. The molecule has 1 N–H and O–H groups in total. The van der Waals surface area contributed by atoms with Gasteiger partial charge in [-0.1, -0.05) is 18.2 Å². The van der Waals surface area contributed by atoms with E-state index in [-0.39, 0.29) is 18.0 Å². The molecule has 1 aromatic carbocycles. The van der Waals surface area contributed by atoms with Crippen LogP contribution in [0.2, 0.25) is 0 Å². The number of carbonyl (C=O) groups is 1. The van der Waals surface area contributed by atoms with E-state index >= 15 is 0 Å². The van der Waals surface area contributed by atoms with Gasteiger partial charge in [-0.2, -0.15) is 0 Å². The zero-order valence-electron chi connectivity index (χ0n) is 10.5. The van der Waals surface area contributed by atoms with E-state index in [1.165, 1.54) is 0 Å². The number of hydrogen-bond donors (Lipinski definition) is 1. The second-order valence-electron chi connectivity index (χ2n) is 4.66. The number of amides is 1. The fourth-order valence-electron chi connectivity index (χ4n) is 2.49. The van der Waals surface area contributed by atoms with E-state index in [1.54, 1.807) is 0 Å². The minimum Gasteiger partial charge on any atom is -0.309 e. The van der Waals surface area contributed by atoms with E-state index in [0.29, 0.717) is 0 Å². The molecule has 2 unspecified atom stereocenters. The molecule has 2 atom stereocenters. The Morgan fingerprint density at radius 2 is 1.94 bits per heavy atom. The highest BCUT2D eigenvalue weighted by Crippen LogP contribution is 2.24. The van der Waals surface area contributed by atoms with Gasteiger partial charge in [0.1, 0.15) is 0 Å². The van der Waals surface area contributed by atoms with E-state index in [2.05, 4.69) is 12.2 Å². The van der Waals surface area contributed by atoms with Gasteiger partial charge in [0.05, 0.1) is 6.04 Å². The Kier molecular flexibility index (Phi) is 3.79. The summed E-state index contributed by atoms with van der Waals surface area (Å²) in [6.07, 6.45) is 3.10. The highest BCUT2D eigenvalue weighted by atomic mass is 16.2. The molecule has 2 rings (SSSR count). The molecular weight excluding hydrogens is 212 g/mol. The van der Waals surface area contributed by atoms with Crippen molar-refractivity contribution in [3.8, 4) is 0 Å². The van der Waals surface area contributed by atoms with Crippen molar-refractivity contribution in [2.45, 2.75) is 38.3 Å². The predicted octanol–water partition coefficient (Wildman–Crippen LogP) is 2.18. The van der Waals surface area contributed by atoms with Gasteiger partial charge in [0.25, 0.3) is 0 Å². The van der Waals surface area contributed by atoms with Crippen molar-refractivity contribution in [2.24, 2.45) is 0 Å². The number of likely N-dealkylation sites (N-methyl/N-ethyl adjacent to an activating group) is 1. The van der Waals surface area contributed by atoms with Crippen LogP contribution in [0.4, 0.5) is 5.69 Å². The molecule has 1 aromatic rings. The molecule has 3 nitrogen and oxygen atoms in total. The van der Waals surface area contributed by atoms with Gasteiger partial charge in [0.15, 0.2) is 0 Å². The van der Waals surface area contributed by atoms with Gasteiger partial charge < -0.3 is 10.2 Å². The summed E-state index contributed by atoms with van der Waals surface area (Å²) in [5.41, 5.74) is 1.01. The van der Waals surface area contributed by atoms with Crippen LogP contribution in [0.25, 0.3) is 0 Å². The number of para-hydroxylation sites is 1. The Labute approximate surface area is 103 Å². The van der Waals surface area contributed by atoms with Crippen LogP contribution < -0.4 is 10.2 Å². The maximum Gasteiger partial charge on any atom is 0.244 e. The van der Waals surface area contributed by atoms with Crippen LogP contribution in [-0.4, -0.2) is 25.0 Å². The molecule has 0 saturated carbocycles. The molecule has 0 bridgehead atoms. The maximum absolute atomic E-state index is 12.5. The van der Waals surface area contributed by atoms with Gasteiger partial charge in [-0.15, -0.1) is 0 Å². The molecule has 1 aliphatic heterocycles. The van der Waals surface area contributed by atoms with Crippen molar-refractivity contribution >= 4 is 11.6 Å². The SMILES string of the molecule is CNC1CCCC(C)N(c2ccccc2)C1=O. The fourth-order valence-corrected chi connectivity index (χ4v) is 2.49. The number of benzene rings is 1. The molecule has 0 aromatic heterocycles. The molecule has 92 valence electrons. The summed E-state index contributed by atoms with van der Waals surface area (Å²) < 4.78 is 0. The quantitative estimate of drug-likeness (QED) is 0.847. The highest BCUT2D eigenvalue weighted by molar-refractivity contribution is 5.97. The summed E-state index contributed by atoms with van der Waals surface area (Å²) in [5.74, 6) is 0.198. The first-order valence-corrected chi connectivity index (χ1v) is 6.29. The van der Waals surface area contributed by atoms with Crippen LogP contribution in [0.15, 0.2) is 30.3 Å². The Morgan fingerprint density at radius 3 is 2.59 bits per heavy atom. The van der Waals surface area contributed by atoms with Gasteiger partial charge in [0.2, 0.25) is 5.91 Å². The lowest BCUT2D eigenvalue weighted by Crippen LogP contribution is -2.47. The van der Waals surface area contributed by atoms with E-state index in [0.717, 1.165) is 24.9 Å². The molecule has 1 fully saturated rings. The third-order valence-corrected chi connectivity index (χ3v) is 3.47. The molecule has 1 saturated heterocycles. The third kappa shape index (κ3) is 2.50. The molecule has 0 aliphatic carbocycles. The molecule has 0 spiro atoms. The molecule has 0 radical (unpaired) electrons. The molecule has 1 amide bonds. The van der Waals surface area contributed by atoms with Crippen LogP contribution in [0.1, 0.15) is 26.2 Å². The van der Waals surface area contributed by atoms with Crippen molar-refractivity contribution in [1.29, 1.82) is 0 Å². The molecular formula is C14H20N2O. The largest absolute Gasteiger partial charge is 0.309 e. The van der Waals surface area contributed by atoms with Crippen molar-refractivity contribution < 1.29 is 4.79 Å². The first-order chi connectivity index (χ1) is 8.24. The Balaban J connectivity index is 2.31. The molecule has 17 heavy (non-hydrogen) atoms. The van der Waals surface area contributed by atoms with Crippen molar-refractivity contribution in [3.63, 3.8) is 0 Å². The molecule has 1 heterocycles. The topological polar surface area (TPSA) is 32.3 Å². The lowest BCUT2D eigenvalue weighted by atomic mass is 10.1. The summed E-state index contributed by atoms with van der Waals surface area (Å²) >= 11 is 0. The normalized spacial score (nSPS) is 25.8. The minimum absolute atomic E-state index is 0.0415. The van der Waals surface area contributed by atoms with Gasteiger partial charge in [-0.3, -0.25) is 4.79 Å². The van der Waals surface area contributed by atoms with Gasteiger partial charge in [0, 0.05) is 11.7 Å². The minimum atomic E-state index is -0.0415. The second-order valence-corrected chi connectivity index (χ2v) is 4.66. The number of anilines is 1. The summed E-state index contributed by atoms with van der Waals surface area (Å²) in [7, 11) is 1.86. The van der Waals surface area contributed by atoms with E-state index < -0.39 is 0 Å². The number of nitrogens with zero attached hydrogens (tertiary/aromatic N) is 1. The summed E-state index contributed by atoms with van der Waals surface area (Å²) in [6.45, 7) is 2.13. The number of carbonyl (C=O) groups excluding carboxylic acids is 1. The molecule has 3 heteroatoms. The van der Waals surface area contributed by atoms with Crippen molar-refractivity contribution in [2.75, 3.05) is 11.9 Å². The molecule has 1 aliphatic rings. The monoisotopic (exact) mass is 232 g/mol. The lowest BCUT2D eigenvalue weighted by molar-refractivity contribution is -0.120. The third-order valence-electron chi connectivity index (χ3n) is 3.47. The lowest BCUT2D eigenvalue weighted by Gasteiger charge is -2.29. The van der Waals surface area contributed by atoms with Crippen LogP contribution in [0, 0.1) is 0 Å². The van der Waals surface area contributed by atoms with Crippen LogP contribution in [0.3, 0.4) is 0 Å². The van der Waals surface area contributed by atoms with Gasteiger partial charge in [-0.25, -0.2) is 0 Å². The van der Waals surface area contributed by atoms with Gasteiger partial charge in [-0.05, 0) is 45.4 Å². The maximum atomic E-state index is 12.5. The van der Waals surface area contributed by atoms with E-state index in [4.69, 9.17) is 0 Å². The highest BCUT2D eigenvalue weighted by Gasteiger charge is 2.30. The number of rotatable bonds is 2. The van der Waals surface area contributed by atoms with Crippen molar-refractivity contribution in [1.82, 2.24) is 5.32 Å². The van der Waals surface area contributed by atoms with Crippen molar-refractivity contribution in [3.05, 3.63) is 30.3 Å². The predicted molar refractivity (Wildman–Crippen MR) is 70.1 cm³/mol. The van der Waals surface area contributed by atoms with E-state index in [1.807, 2.05) is 42.3 Å². The average molecular weight is 232 g/mol. The van der Waals surface area contributed by atoms with Crippen LogP contribution in [0.5, 0.6) is 0 Å². The smallest absolute Gasteiger partial charge is 0.244 e. The first kappa shape index (κ1) is 12.1. The second kappa shape index (κ2) is 5.32. The van der Waals surface area contributed by atoms with Crippen LogP contribution in [-0.2, 0) is 4.79 Å². The first-order valence-electron chi connectivity index (χ1n) is 6.29. The Morgan fingerprint density at radius 1 is 1.24 bits per heavy atom. The summed E-state index contributed by atoms with van der Waals surface area (Å²) in [5, 5.41) is 3.12. The average Bonchev–Trinajstić information content (AvgIpc) is 2.49.